The van der Waals surface area contributed by atoms with Crippen molar-refractivity contribution in [2.24, 2.45) is 0 Å². The number of nitrogens with zero attached hydrogens (tertiary/aromatic N) is 2. The predicted octanol–water partition coefficient (Wildman–Crippen LogP) is 5.39. The van der Waals surface area contributed by atoms with Crippen molar-refractivity contribution in [2.75, 3.05) is 7.11 Å². The van der Waals surface area contributed by atoms with E-state index >= 15 is 0 Å². The molecule has 0 aliphatic carbocycles. The molecule has 1 atom stereocenters. The number of ether oxygens (including phenoxy) is 1. The van der Waals surface area contributed by atoms with Crippen molar-refractivity contribution in [3.8, 4) is 17.2 Å². The molecule has 0 spiro atoms. The van der Waals surface area contributed by atoms with Gasteiger partial charge in [-0.3, -0.25) is 0 Å². The second kappa shape index (κ2) is 7.73. The minimum Gasteiger partial charge on any atom is -0.497 e. The van der Waals surface area contributed by atoms with E-state index in [-0.39, 0.29) is 5.25 Å². The van der Waals surface area contributed by atoms with Gasteiger partial charge in [0, 0.05) is 16.3 Å². The summed E-state index contributed by atoms with van der Waals surface area (Å²) < 4.78 is 11.0. The number of aromatic nitrogens is 2. The zero-order valence-electron chi connectivity index (χ0n) is 13.4. The molecule has 24 heavy (non-hydrogen) atoms. The lowest BCUT2D eigenvalue weighted by atomic mass is 10.2. The summed E-state index contributed by atoms with van der Waals surface area (Å²) in [4.78, 5) is 0. The number of methoxy groups -OCH3 is 1. The number of rotatable bonds is 6. The highest BCUT2D eigenvalue weighted by Crippen LogP contribution is 2.32. The molecule has 0 aliphatic rings. The highest BCUT2D eigenvalue weighted by atomic mass is 35.5. The van der Waals surface area contributed by atoms with Gasteiger partial charge in [-0.05, 0) is 48.9 Å². The molecule has 0 saturated heterocycles. The van der Waals surface area contributed by atoms with Gasteiger partial charge in [0.1, 0.15) is 5.75 Å². The Morgan fingerprint density at radius 1 is 1.08 bits per heavy atom. The average molecular weight is 361 g/mol. The smallest absolute Gasteiger partial charge is 0.247 e. The van der Waals surface area contributed by atoms with Crippen LogP contribution < -0.4 is 4.74 Å². The number of hydrogen-bond donors (Lipinski definition) is 0. The van der Waals surface area contributed by atoms with Gasteiger partial charge in [0.2, 0.25) is 11.8 Å². The molecular weight excluding hydrogens is 344 g/mol. The van der Waals surface area contributed by atoms with Crippen molar-refractivity contribution in [3.63, 3.8) is 0 Å². The van der Waals surface area contributed by atoms with Gasteiger partial charge < -0.3 is 9.15 Å². The fraction of sp³-hybridized carbons (Fsp3) is 0.222. The maximum absolute atomic E-state index is 5.90. The van der Waals surface area contributed by atoms with Crippen molar-refractivity contribution in [1.29, 1.82) is 0 Å². The van der Waals surface area contributed by atoms with Gasteiger partial charge in [-0.2, -0.15) is 0 Å². The van der Waals surface area contributed by atoms with Crippen molar-refractivity contribution in [2.45, 2.75) is 17.9 Å². The topological polar surface area (TPSA) is 48.2 Å². The fourth-order valence-corrected chi connectivity index (χ4v) is 3.12. The van der Waals surface area contributed by atoms with Crippen LogP contribution >= 0.6 is 23.4 Å². The summed E-state index contributed by atoms with van der Waals surface area (Å²) in [5.74, 6) is 2.80. The number of benzene rings is 2. The molecule has 0 N–H and O–H groups in total. The second-order valence-corrected chi connectivity index (χ2v) is 7.02. The lowest BCUT2D eigenvalue weighted by Crippen LogP contribution is -1.90. The summed E-state index contributed by atoms with van der Waals surface area (Å²) in [6, 6.07) is 15.4. The predicted molar refractivity (Wildman–Crippen MR) is 97.4 cm³/mol. The Morgan fingerprint density at radius 3 is 2.46 bits per heavy atom. The molecule has 0 fully saturated rings. The summed E-state index contributed by atoms with van der Waals surface area (Å²) in [5, 5.41) is 9.17. The third-order valence-corrected chi connectivity index (χ3v) is 4.99. The number of hydrogen-bond acceptors (Lipinski definition) is 5. The molecule has 3 aromatic rings. The van der Waals surface area contributed by atoms with Crippen LogP contribution in [0.3, 0.4) is 0 Å². The highest BCUT2D eigenvalue weighted by Gasteiger charge is 2.15. The van der Waals surface area contributed by atoms with Crippen molar-refractivity contribution >= 4 is 23.4 Å². The Morgan fingerprint density at radius 2 is 1.79 bits per heavy atom. The molecule has 2 aromatic carbocycles. The van der Waals surface area contributed by atoms with E-state index in [2.05, 4.69) is 17.1 Å². The zero-order chi connectivity index (χ0) is 16.9. The van der Waals surface area contributed by atoms with Gasteiger partial charge in [-0.1, -0.05) is 23.7 Å². The van der Waals surface area contributed by atoms with Crippen molar-refractivity contribution < 1.29 is 9.15 Å². The molecule has 1 heterocycles. The van der Waals surface area contributed by atoms with E-state index in [1.54, 1.807) is 18.9 Å². The first kappa shape index (κ1) is 16.9. The van der Waals surface area contributed by atoms with Crippen LogP contribution in [0, 0.1) is 0 Å². The Bertz CT molecular complexity index is 788. The Balaban J connectivity index is 1.64. The Kier molecular flexibility index (Phi) is 5.43. The minimum atomic E-state index is 0.111. The molecule has 0 radical (unpaired) electrons. The van der Waals surface area contributed by atoms with Crippen LogP contribution in [0.2, 0.25) is 5.02 Å². The van der Waals surface area contributed by atoms with Gasteiger partial charge in [0.25, 0.3) is 0 Å². The van der Waals surface area contributed by atoms with Gasteiger partial charge >= 0.3 is 0 Å². The van der Waals surface area contributed by atoms with Crippen molar-refractivity contribution in [3.05, 3.63) is 65.0 Å². The Hall–Kier alpha value is -1.98. The molecule has 0 aliphatic heterocycles. The summed E-state index contributed by atoms with van der Waals surface area (Å²) in [5.41, 5.74) is 2.09. The molecular formula is C18H17ClN2O2S. The second-order valence-electron chi connectivity index (χ2n) is 5.25. The van der Waals surface area contributed by atoms with E-state index in [0.29, 0.717) is 11.8 Å². The molecule has 0 saturated carbocycles. The highest BCUT2D eigenvalue weighted by molar-refractivity contribution is 7.98. The molecule has 124 valence electrons. The molecule has 3 rings (SSSR count). The lowest BCUT2D eigenvalue weighted by molar-refractivity contribution is 0.415. The molecule has 0 bridgehead atoms. The SMILES string of the molecule is COc1ccc(-c2nnc([C@H](C)SCc3ccc(Cl)cc3)o2)cc1. The van der Waals surface area contributed by atoms with Gasteiger partial charge in [-0.25, -0.2) is 0 Å². The standard InChI is InChI=1S/C18H17ClN2O2S/c1-12(24-11-13-3-7-15(19)8-4-13)17-20-21-18(23-17)14-5-9-16(22-2)10-6-14/h3-10,12H,11H2,1-2H3/t12-/m0/s1. The van der Waals surface area contributed by atoms with Crippen LogP contribution in [0.1, 0.15) is 23.6 Å². The van der Waals surface area contributed by atoms with Crippen LogP contribution in [0.25, 0.3) is 11.5 Å². The maximum Gasteiger partial charge on any atom is 0.247 e. The first-order chi connectivity index (χ1) is 11.7. The lowest BCUT2D eigenvalue weighted by Gasteiger charge is -2.06. The summed E-state index contributed by atoms with van der Waals surface area (Å²) in [7, 11) is 1.64. The zero-order valence-corrected chi connectivity index (χ0v) is 15.0. The van der Waals surface area contributed by atoms with Crippen LogP contribution in [0.15, 0.2) is 52.9 Å². The van der Waals surface area contributed by atoms with E-state index in [1.165, 1.54) is 5.56 Å². The van der Waals surface area contributed by atoms with Gasteiger partial charge in [0.15, 0.2) is 0 Å². The van der Waals surface area contributed by atoms with E-state index in [0.717, 1.165) is 22.1 Å². The summed E-state index contributed by atoms with van der Waals surface area (Å²) in [6.07, 6.45) is 0. The third kappa shape index (κ3) is 4.10. The normalized spacial score (nSPS) is 12.1. The third-order valence-electron chi connectivity index (χ3n) is 3.54. The summed E-state index contributed by atoms with van der Waals surface area (Å²) in [6.45, 7) is 2.06. The van der Waals surface area contributed by atoms with E-state index in [9.17, 15) is 0 Å². The quantitative estimate of drug-likeness (QED) is 0.589. The molecule has 0 amide bonds. The summed E-state index contributed by atoms with van der Waals surface area (Å²) >= 11 is 7.65. The van der Waals surface area contributed by atoms with Crippen LogP contribution in [0.4, 0.5) is 0 Å². The van der Waals surface area contributed by atoms with Crippen LogP contribution in [0.5, 0.6) is 5.75 Å². The maximum atomic E-state index is 5.90. The number of halogens is 1. The molecule has 0 unspecified atom stereocenters. The molecule has 6 heteroatoms. The molecule has 4 nitrogen and oxygen atoms in total. The van der Waals surface area contributed by atoms with E-state index < -0.39 is 0 Å². The van der Waals surface area contributed by atoms with Crippen LogP contribution in [-0.4, -0.2) is 17.3 Å². The largest absolute Gasteiger partial charge is 0.497 e. The van der Waals surface area contributed by atoms with Gasteiger partial charge in [0.05, 0.1) is 12.4 Å². The first-order valence-electron chi connectivity index (χ1n) is 7.49. The van der Waals surface area contributed by atoms with E-state index in [1.807, 2.05) is 48.5 Å². The Labute approximate surface area is 150 Å². The minimum absolute atomic E-state index is 0.111. The van der Waals surface area contributed by atoms with Gasteiger partial charge in [-0.15, -0.1) is 22.0 Å². The monoisotopic (exact) mass is 360 g/mol. The average Bonchev–Trinajstić information content (AvgIpc) is 3.11. The van der Waals surface area contributed by atoms with E-state index in [4.69, 9.17) is 20.8 Å². The fourth-order valence-electron chi connectivity index (χ4n) is 2.12. The first-order valence-corrected chi connectivity index (χ1v) is 8.92. The number of thioether (sulfide) groups is 1. The van der Waals surface area contributed by atoms with Crippen LogP contribution in [-0.2, 0) is 5.75 Å². The van der Waals surface area contributed by atoms with Crippen molar-refractivity contribution in [1.82, 2.24) is 10.2 Å². The molecule has 1 aromatic heterocycles.